The molecule has 0 aliphatic heterocycles. The van der Waals surface area contributed by atoms with Crippen molar-refractivity contribution in [1.29, 1.82) is 0 Å². The minimum Gasteiger partial charge on any atom is -0.495 e. The van der Waals surface area contributed by atoms with Gasteiger partial charge in [0.2, 0.25) is 0 Å². The highest BCUT2D eigenvalue weighted by Gasteiger charge is 2.13. The van der Waals surface area contributed by atoms with E-state index in [4.69, 9.17) is 26.5 Å². The molecule has 0 radical (unpaired) electrons. The SMILES string of the molecule is COc1c(CCN)cc2occc2c1Cl. The molecule has 0 spiro atoms. The number of hydrogen-bond acceptors (Lipinski definition) is 3. The van der Waals surface area contributed by atoms with Crippen LogP contribution in [0.25, 0.3) is 11.0 Å². The van der Waals surface area contributed by atoms with Crippen LogP contribution >= 0.6 is 11.6 Å². The Morgan fingerprint density at radius 3 is 3.00 bits per heavy atom. The molecule has 1 heterocycles. The van der Waals surface area contributed by atoms with Crippen LogP contribution in [0.15, 0.2) is 22.8 Å². The van der Waals surface area contributed by atoms with Gasteiger partial charge in [0, 0.05) is 10.9 Å². The van der Waals surface area contributed by atoms with Gasteiger partial charge in [0.1, 0.15) is 11.3 Å². The van der Waals surface area contributed by atoms with Crippen LogP contribution < -0.4 is 10.5 Å². The second-order valence-electron chi connectivity index (χ2n) is 3.25. The van der Waals surface area contributed by atoms with E-state index >= 15 is 0 Å². The fraction of sp³-hybridized carbons (Fsp3) is 0.273. The van der Waals surface area contributed by atoms with E-state index in [0.717, 1.165) is 23.0 Å². The number of rotatable bonds is 3. The number of ether oxygens (including phenoxy) is 1. The van der Waals surface area contributed by atoms with Crippen molar-refractivity contribution in [2.45, 2.75) is 6.42 Å². The summed E-state index contributed by atoms with van der Waals surface area (Å²) in [6, 6.07) is 3.75. The van der Waals surface area contributed by atoms with Crippen LogP contribution in [0, 0.1) is 0 Å². The first-order chi connectivity index (χ1) is 7.27. The zero-order chi connectivity index (χ0) is 10.8. The molecule has 1 aromatic carbocycles. The molecule has 3 nitrogen and oxygen atoms in total. The van der Waals surface area contributed by atoms with Gasteiger partial charge in [-0.05, 0) is 25.1 Å². The molecule has 15 heavy (non-hydrogen) atoms. The summed E-state index contributed by atoms with van der Waals surface area (Å²) in [4.78, 5) is 0. The summed E-state index contributed by atoms with van der Waals surface area (Å²) in [5, 5.41) is 1.46. The predicted octanol–water partition coefficient (Wildman–Crippen LogP) is 2.60. The second kappa shape index (κ2) is 4.13. The first-order valence-electron chi connectivity index (χ1n) is 4.70. The zero-order valence-corrected chi connectivity index (χ0v) is 9.17. The highest BCUT2D eigenvalue weighted by molar-refractivity contribution is 6.37. The fourth-order valence-corrected chi connectivity index (χ4v) is 2.02. The Balaban J connectivity index is 2.67. The molecule has 0 aliphatic carbocycles. The third-order valence-electron chi connectivity index (χ3n) is 2.35. The molecule has 4 heteroatoms. The molecule has 1 aromatic heterocycles. The fourth-order valence-electron chi connectivity index (χ4n) is 1.66. The highest BCUT2D eigenvalue weighted by Crippen LogP contribution is 2.36. The van der Waals surface area contributed by atoms with Gasteiger partial charge in [-0.2, -0.15) is 0 Å². The first kappa shape index (κ1) is 10.3. The minimum absolute atomic E-state index is 0.554. The molecule has 80 valence electrons. The van der Waals surface area contributed by atoms with E-state index < -0.39 is 0 Å². The summed E-state index contributed by atoms with van der Waals surface area (Å²) >= 11 is 6.20. The summed E-state index contributed by atoms with van der Waals surface area (Å²) in [7, 11) is 1.60. The van der Waals surface area contributed by atoms with E-state index in [1.54, 1.807) is 13.4 Å². The lowest BCUT2D eigenvalue weighted by molar-refractivity contribution is 0.410. The van der Waals surface area contributed by atoms with Crippen molar-refractivity contribution in [2.75, 3.05) is 13.7 Å². The summed E-state index contributed by atoms with van der Waals surface area (Å²) in [6.45, 7) is 0.554. The molecule has 2 rings (SSSR count). The Morgan fingerprint density at radius 2 is 2.33 bits per heavy atom. The van der Waals surface area contributed by atoms with Crippen molar-refractivity contribution in [2.24, 2.45) is 5.73 Å². The van der Waals surface area contributed by atoms with Crippen LogP contribution in [0.2, 0.25) is 5.02 Å². The molecule has 0 aliphatic rings. The molecule has 0 saturated heterocycles. The molecule has 0 saturated carbocycles. The van der Waals surface area contributed by atoms with Gasteiger partial charge in [-0.1, -0.05) is 11.6 Å². The van der Waals surface area contributed by atoms with E-state index in [0.29, 0.717) is 17.3 Å². The molecule has 0 bridgehead atoms. The molecular formula is C11H12ClNO2. The maximum Gasteiger partial charge on any atom is 0.141 e. The molecule has 0 atom stereocenters. The van der Waals surface area contributed by atoms with E-state index in [9.17, 15) is 0 Å². The van der Waals surface area contributed by atoms with Crippen molar-refractivity contribution in [3.63, 3.8) is 0 Å². The predicted molar refractivity (Wildman–Crippen MR) is 60.5 cm³/mol. The van der Waals surface area contributed by atoms with Crippen LogP contribution in [-0.2, 0) is 6.42 Å². The van der Waals surface area contributed by atoms with Crippen LogP contribution in [-0.4, -0.2) is 13.7 Å². The Hall–Kier alpha value is -1.19. The zero-order valence-electron chi connectivity index (χ0n) is 8.42. The standard InChI is InChI=1S/C11H12ClNO2/c1-14-11-7(2-4-13)6-9-8(10(11)12)3-5-15-9/h3,5-6H,2,4,13H2,1H3. The molecule has 0 unspecified atom stereocenters. The van der Waals surface area contributed by atoms with E-state index in [1.165, 1.54) is 0 Å². The van der Waals surface area contributed by atoms with Crippen molar-refractivity contribution < 1.29 is 9.15 Å². The van der Waals surface area contributed by atoms with E-state index in [-0.39, 0.29) is 0 Å². The van der Waals surface area contributed by atoms with E-state index in [1.807, 2.05) is 12.1 Å². The van der Waals surface area contributed by atoms with Gasteiger partial charge in [-0.3, -0.25) is 0 Å². The normalized spacial score (nSPS) is 10.9. The van der Waals surface area contributed by atoms with Gasteiger partial charge in [-0.25, -0.2) is 0 Å². The quantitative estimate of drug-likeness (QED) is 0.874. The molecule has 0 fully saturated rings. The first-order valence-corrected chi connectivity index (χ1v) is 5.08. The maximum absolute atomic E-state index is 6.20. The van der Waals surface area contributed by atoms with Gasteiger partial charge in [-0.15, -0.1) is 0 Å². The Morgan fingerprint density at radius 1 is 1.53 bits per heavy atom. The molecule has 2 aromatic rings. The number of methoxy groups -OCH3 is 1. The van der Waals surface area contributed by atoms with Crippen LogP contribution in [0.1, 0.15) is 5.56 Å². The highest BCUT2D eigenvalue weighted by atomic mass is 35.5. The van der Waals surface area contributed by atoms with Crippen molar-refractivity contribution in [3.8, 4) is 5.75 Å². The molecule has 0 amide bonds. The average Bonchev–Trinajstić information content (AvgIpc) is 2.67. The lowest BCUT2D eigenvalue weighted by Gasteiger charge is -2.09. The van der Waals surface area contributed by atoms with Gasteiger partial charge >= 0.3 is 0 Å². The van der Waals surface area contributed by atoms with Crippen LogP contribution in [0.4, 0.5) is 0 Å². The third-order valence-corrected chi connectivity index (χ3v) is 2.72. The number of nitrogens with two attached hydrogens (primary N) is 1. The number of hydrogen-bond donors (Lipinski definition) is 1. The van der Waals surface area contributed by atoms with Crippen molar-refractivity contribution >= 4 is 22.6 Å². The van der Waals surface area contributed by atoms with Gasteiger partial charge in [0.25, 0.3) is 0 Å². The average molecular weight is 226 g/mol. The largest absolute Gasteiger partial charge is 0.495 e. The number of benzene rings is 1. The Bertz CT molecular complexity index is 479. The Labute approximate surface area is 92.8 Å². The van der Waals surface area contributed by atoms with Gasteiger partial charge < -0.3 is 14.9 Å². The summed E-state index contributed by atoms with van der Waals surface area (Å²) in [5.74, 6) is 0.691. The summed E-state index contributed by atoms with van der Waals surface area (Å²) in [6.07, 6.45) is 2.34. The van der Waals surface area contributed by atoms with Crippen molar-refractivity contribution in [3.05, 3.63) is 29.0 Å². The minimum atomic E-state index is 0.554. The summed E-state index contributed by atoms with van der Waals surface area (Å²) < 4.78 is 10.6. The summed E-state index contributed by atoms with van der Waals surface area (Å²) in [5.41, 5.74) is 7.27. The number of furan rings is 1. The van der Waals surface area contributed by atoms with Crippen molar-refractivity contribution in [1.82, 2.24) is 0 Å². The monoisotopic (exact) mass is 225 g/mol. The smallest absolute Gasteiger partial charge is 0.141 e. The molecule has 2 N–H and O–H groups in total. The second-order valence-corrected chi connectivity index (χ2v) is 3.63. The van der Waals surface area contributed by atoms with Crippen LogP contribution in [0.3, 0.4) is 0 Å². The van der Waals surface area contributed by atoms with Gasteiger partial charge in [0.05, 0.1) is 18.4 Å². The lowest BCUT2D eigenvalue weighted by atomic mass is 10.1. The maximum atomic E-state index is 6.20. The third kappa shape index (κ3) is 1.68. The topological polar surface area (TPSA) is 48.4 Å². The number of halogens is 1. The van der Waals surface area contributed by atoms with E-state index in [2.05, 4.69) is 0 Å². The number of fused-ring (bicyclic) bond motifs is 1. The lowest BCUT2D eigenvalue weighted by Crippen LogP contribution is -2.04. The van der Waals surface area contributed by atoms with Crippen LogP contribution in [0.5, 0.6) is 5.75 Å². The Kier molecular flexibility index (Phi) is 2.84. The van der Waals surface area contributed by atoms with Gasteiger partial charge in [0.15, 0.2) is 0 Å². The molecular weight excluding hydrogens is 214 g/mol.